The summed E-state index contributed by atoms with van der Waals surface area (Å²) < 4.78 is 0.877. The molecule has 4 nitrogen and oxygen atoms in total. The molecule has 0 aromatic carbocycles. The number of nitrogens with zero attached hydrogens (tertiary/aromatic N) is 1. The van der Waals surface area contributed by atoms with E-state index < -0.39 is 0 Å². The van der Waals surface area contributed by atoms with Gasteiger partial charge >= 0.3 is 0 Å². The predicted molar refractivity (Wildman–Crippen MR) is 84.1 cm³/mol. The second-order valence-electron chi connectivity index (χ2n) is 4.69. The van der Waals surface area contributed by atoms with Gasteiger partial charge in [0, 0.05) is 6.04 Å². The summed E-state index contributed by atoms with van der Waals surface area (Å²) in [5, 5.41) is 2.80. The summed E-state index contributed by atoms with van der Waals surface area (Å²) in [4.78, 5) is 25.6. The molecule has 0 fully saturated rings. The van der Waals surface area contributed by atoms with Crippen LogP contribution in [0, 0.1) is 0 Å². The van der Waals surface area contributed by atoms with E-state index in [9.17, 15) is 9.59 Å². The smallest absolute Gasteiger partial charge is 0.234 e. The number of hydrogen-bond acceptors (Lipinski definition) is 4. The van der Waals surface area contributed by atoms with E-state index in [4.69, 9.17) is 23.2 Å². The lowest BCUT2D eigenvalue weighted by Gasteiger charge is -2.19. The molecule has 7 heteroatoms. The molecule has 1 aromatic rings. The molecule has 1 amide bonds. The van der Waals surface area contributed by atoms with Gasteiger partial charge in [0.15, 0.2) is 5.78 Å². The van der Waals surface area contributed by atoms with Crippen molar-refractivity contribution in [2.75, 3.05) is 19.6 Å². The van der Waals surface area contributed by atoms with Crippen LogP contribution in [0.2, 0.25) is 8.67 Å². The van der Waals surface area contributed by atoms with E-state index in [0.29, 0.717) is 20.8 Å². The molecule has 0 saturated carbocycles. The van der Waals surface area contributed by atoms with Crippen molar-refractivity contribution in [1.82, 2.24) is 10.2 Å². The number of carbonyl (C=O) groups excluding carboxylic acids is 2. The van der Waals surface area contributed by atoms with Gasteiger partial charge in [-0.1, -0.05) is 30.1 Å². The zero-order chi connectivity index (χ0) is 15.3. The Kier molecular flexibility index (Phi) is 6.95. The molecule has 0 saturated heterocycles. The first-order valence-electron chi connectivity index (χ1n) is 6.33. The summed E-state index contributed by atoms with van der Waals surface area (Å²) >= 11 is 12.9. The lowest BCUT2D eigenvalue weighted by Crippen LogP contribution is -2.41. The van der Waals surface area contributed by atoms with Gasteiger partial charge in [0.25, 0.3) is 0 Å². The molecule has 0 bridgehead atoms. The fourth-order valence-corrected chi connectivity index (χ4v) is 3.17. The van der Waals surface area contributed by atoms with Crippen molar-refractivity contribution in [3.8, 4) is 0 Å². The number of rotatable bonds is 7. The number of ketones is 1. The number of carbonyl (C=O) groups is 2. The van der Waals surface area contributed by atoms with Crippen LogP contribution >= 0.6 is 34.5 Å². The molecule has 0 aliphatic heterocycles. The van der Waals surface area contributed by atoms with E-state index >= 15 is 0 Å². The summed E-state index contributed by atoms with van der Waals surface area (Å²) in [5.41, 5.74) is 0.421. The van der Waals surface area contributed by atoms with Gasteiger partial charge in [-0.25, -0.2) is 0 Å². The van der Waals surface area contributed by atoms with Crippen molar-refractivity contribution in [2.24, 2.45) is 0 Å². The minimum absolute atomic E-state index is 0.0852. The van der Waals surface area contributed by atoms with Crippen molar-refractivity contribution >= 4 is 46.2 Å². The fourth-order valence-electron chi connectivity index (χ4n) is 1.67. The lowest BCUT2D eigenvalue weighted by molar-refractivity contribution is -0.122. The Balaban J connectivity index is 2.62. The molecular formula is C13H18Cl2N2O2S. The Labute approximate surface area is 133 Å². The summed E-state index contributed by atoms with van der Waals surface area (Å²) in [7, 11) is 0. The molecule has 0 aliphatic rings. The highest BCUT2D eigenvalue weighted by Gasteiger charge is 2.18. The van der Waals surface area contributed by atoms with Gasteiger partial charge in [-0.05, 0) is 26.5 Å². The molecule has 20 heavy (non-hydrogen) atoms. The zero-order valence-corrected chi connectivity index (χ0v) is 14.0. The maximum absolute atomic E-state index is 12.1. The van der Waals surface area contributed by atoms with Crippen LogP contribution in [0.5, 0.6) is 0 Å². The van der Waals surface area contributed by atoms with Gasteiger partial charge in [0.05, 0.1) is 23.0 Å². The normalized spacial score (nSPS) is 11.2. The van der Waals surface area contributed by atoms with Gasteiger partial charge in [0.2, 0.25) is 5.91 Å². The number of hydrogen-bond donors (Lipinski definition) is 1. The van der Waals surface area contributed by atoms with Crippen molar-refractivity contribution in [3.05, 3.63) is 20.3 Å². The molecule has 1 rings (SSSR count). The van der Waals surface area contributed by atoms with Crippen LogP contribution in [0.25, 0.3) is 0 Å². The Morgan fingerprint density at radius 2 is 2.00 bits per heavy atom. The molecule has 1 aromatic heterocycles. The van der Waals surface area contributed by atoms with Gasteiger partial charge in [0.1, 0.15) is 4.34 Å². The summed E-state index contributed by atoms with van der Waals surface area (Å²) in [5.74, 6) is -0.221. The van der Waals surface area contributed by atoms with E-state index in [-0.39, 0.29) is 30.8 Å². The number of nitrogens with one attached hydrogen (secondary N) is 1. The van der Waals surface area contributed by atoms with E-state index in [0.717, 1.165) is 0 Å². The highest BCUT2D eigenvalue weighted by molar-refractivity contribution is 7.20. The van der Waals surface area contributed by atoms with Crippen LogP contribution in [0.3, 0.4) is 0 Å². The SMILES string of the molecule is CCN(CC(=O)NC(C)C)CC(=O)c1cc(Cl)sc1Cl. The zero-order valence-electron chi connectivity index (χ0n) is 11.7. The first-order valence-corrected chi connectivity index (χ1v) is 7.90. The van der Waals surface area contributed by atoms with Gasteiger partial charge in [-0.2, -0.15) is 0 Å². The minimum Gasteiger partial charge on any atom is -0.353 e. The standard InChI is InChI=1S/C13H18Cl2N2O2S/c1-4-17(7-12(19)16-8(2)3)6-10(18)9-5-11(14)20-13(9)15/h5,8H,4,6-7H2,1-3H3,(H,16,19). The average Bonchev–Trinajstić information content (AvgIpc) is 2.66. The quantitative estimate of drug-likeness (QED) is 0.778. The number of amides is 1. The number of likely N-dealkylation sites (N-methyl/N-ethyl adjacent to an activating group) is 1. The number of halogens is 2. The third-order valence-corrected chi connectivity index (χ3v) is 4.08. The molecule has 0 atom stereocenters. The largest absolute Gasteiger partial charge is 0.353 e. The van der Waals surface area contributed by atoms with Crippen molar-refractivity contribution in [2.45, 2.75) is 26.8 Å². The molecule has 0 radical (unpaired) electrons. The molecule has 112 valence electrons. The summed E-state index contributed by atoms with van der Waals surface area (Å²) in [6, 6.07) is 1.65. The third kappa shape index (κ3) is 5.40. The third-order valence-electron chi connectivity index (χ3n) is 2.59. The topological polar surface area (TPSA) is 49.4 Å². The molecule has 0 spiro atoms. The van der Waals surface area contributed by atoms with Crippen LogP contribution < -0.4 is 5.32 Å². The minimum atomic E-state index is -0.127. The molecular weight excluding hydrogens is 319 g/mol. The van der Waals surface area contributed by atoms with Crippen LogP contribution in [0.4, 0.5) is 0 Å². The first kappa shape index (κ1) is 17.4. The molecule has 0 aliphatic carbocycles. The fraction of sp³-hybridized carbons (Fsp3) is 0.538. The van der Waals surface area contributed by atoms with Gasteiger partial charge in [-0.3, -0.25) is 14.5 Å². The highest BCUT2D eigenvalue weighted by atomic mass is 35.5. The van der Waals surface area contributed by atoms with E-state index in [1.807, 2.05) is 20.8 Å². The molecule has 0 unspecified atom stereocenters. The predicted octanol–water partition coefficient (Wildman–Crippen LogP) is 3.08. The Morgan fingerprint density at radius 3 is 2.45 bits per heavy atom. The van der Waals surface area contributed by atoms with Crippen LogP contribution in [-0.2, 0) is 4.79 Å². The Morgan fingerprint density at radius 1 is 1.35 bits per heavy atom. The maximum atomic E-state index is 12.1. The van der Waals surface area contributed by atoms with Gasteiger partial charge in [-0.15, -0.1) is 11.3 Å². The molecule has 1 N–H and O–H groups in total. The van der Waals surface area contributed by atoms with Crippen molar-refractivity contribution in [1.29, 1.82) is 0 Å². The van der Waals surface area contributed by atoms with Crippen LogP contribution in [0.1, 0.15) is 31.1 Å². The van der Waals surface area contributed by atoms with Crippen LogP contribution in [-0.4, -0.2) is 42.3 Å². The average molecular weight is 337 g/mol. The van der Waals surface area contributed by atoms with E-state index in [1.54, 1.807) is 11.0 Å². The summed E-state index contributed by atoms with van der Waals surface area (Å²) in [6.45, 7) is 6.63. The Hall–Kier alpha value is -0.620. The monoisotopic (exact) mass is 336 g/mol. The number of thiophene rings is 1. The van der Waals surface area contributed by atoms with Gasteiger partial charge < -0.3 is 5.32 Å². The second kappa shape index (κ2) is 7.98. The van der Waals surface area contributed by atoms with Crippen molar-refractivity contribution < 1.29 is 9.59 Å². The Bertz CT molecular complexity index is 489. The maximum Gasteiger partial charge on any atom is 0.234 e. The van der Waals surface area contributed by atoms with E-state index in [2.05, 4.69) is 5.32 Å². The first-order chi connectivity index (χ1) is 9.33. The lowest BCUT2D eigenvalue weighted by atomic mass is 10.2. The highest BCUT2D eigenvalue weighted by Crippen LogP contribution is 2.31. The molecule has 1 heterocycles. The number of Topliss-reactive ketones (excluding diaryl/α,β-unsaturated/α-hetero) is 1. The van der Waals surface area contributed by atoms with Crippen LogP contribution in [0.15, 0.2) is 6.07 Å². The second-order valence-corrected chi connectivity index (χ2v) is 6.97. The van der Waals surface area contributed by atoms with E-state index in [1.165, 1.54) is 11.3 Å². The van der Waals surface area contributed by atoms with Crippen molar-refractivity contribution in [3.63, 3.8) is 0 Å². The summed E-state index contributed by atoms with van der Waals surface area (Å²) in [6.07, 6.45) is 0.